The van der Waals surface area contributed by atoms with E-state index in [-0.39, 0.29) is 35.5 Å². The smallest absolute Gasteiger partial charge is 0.262 e. The van der Waals surface area contributed by atoms with Crippen molar-refractivity contribution in [2.75, 3.05) is 0 Å². The van der Waals surface area contributed by atoms with Crippen molar-refractivity contribution >= 4 is 11.7 Å². The summed E-state index contributed by atoms with van der Waals surface area (Å²) in [4.78, 5) is 24.5. The molecule has 0 bridgehead atoms. The first-order valence-corrected chi connectivity index (χ1v) is 7.80. The van der Waals surface area contributed by atoms with Crippen LogP contribution in [-0.2, 0) is 4.79 Å². The number of ether oxygens (including phenoxy) is 1. The lowest BCUT2D eigenvalue weighted by molar-refractivity contribution is -0.128. The van der Waals surface area contributed by atoms with Crippen molar-refractivity contribution in [1.29, 1.82) is 0 Å². The highest BCUT2D eigenvalue weighted by molar-refractivity contribution is 6.03. The Labute approximate surface area is 139 Å². The van der Waals surface area contributed by atoms with Crippen LogP contribution in [0.4, 0.5) is 4.39 Å². The van der Waals surface area contributed by atoms with Crippen LogP contribution in [0.3, 0.4) is 0 Å². The van der Waals surface area contributed by atoms with Gasteiger partial charge in [0.15, 0.2) is 11.9 Å². The highest BCUT2D eigenvalue weighted by Gasteiger charge is 2.32. The van der Waals surface area contributed by atoms with Gasteiger partial charge in [-0.15, -0.1) is 0 Å². The van der Waals surface area contributed by atoms with Crippen molar-refractivity contribution in [3.63, 3.8) is 0 Å². The third-order valence-electron chi connectivity index (χ3n) is 4.11. The van der Waals surface area contributed by atoms with Crippen LogP contribution in [-0.4, -0.2) is 17.8 Å². The van der Waals surface area contributed by atoms with E-state index >= 15 is 0 Å². The van der Waals surface area contributed by atoms with Gasteiger partial charge in [0.25, 0.3) is 5.91 Å². The number of Topliss-reactive ketones (excluding diaryl/α,β-unsaturated/α-hetero) is 1. The summed E-state index contributed by atoms with van der Waals surface area (Å²) < 4.78 is 18.8. The zero-order valence-corrected chi connectivity index (χ0v) is 13.5. The fourth-order valence-electron chi connectivity index (χ4n) is 2.69. The molecule has 1 unspecified atom stereocenters. The molecule has 0 aliphatic carbocycles. The van der Waals surface area contributed by atoms with Crippen LogP contribution in [0.15, 0.2) is 42.5 Å². The lowest BCUT2D eigenvalue weighted by Crippen LogP contribution is -2.42. The average molecular weight is 327 g/mol. The van der Waals surface area contributed by atoms with Gasteiger partial charge >= 0.3 is 0 Å². The fourth-order valence-corrected chi connectivity index (χ4v) is 2.69. The molecule has 1 aliphatic heterocycles. The lowest BCUT2D eigenvalue weighted by Gasteiger charge is -2.26. The third-order valence-corrected chi connectivity index (χ3v) is 4.11. The second kappa shape index (κ2) is 6.43. The van der Waals surface area contributed by atoms with Gasteiger partial charge in [0.1, 0.15) is 11.6 Å². The number of carbonyl (C=O) groups is 2. The number of hydrogen-bond donors (Lipinski definition) is 1. The summed E-state index contributed by atoms with van der Waals surface area (Å²) in [5.74, 6) is -0.900. The predicted molar refractivity (Wildman–Crippen MR) is 87.5 cm³/mol. The van der Waals surface area contributed by atoms with Gasteiger partial charge < -0.3 is 10.1 Å². The Hall–Kier alpha value is -2.69. The summed E-state index contributed by atoms with van der Waals surface area (Å²) in [6.07, 6.45) is -0.994. The Morgan fingerprint density at radius 3 is 2.67 bits per heavy atom. The van der Waals surface area contributed by atoms with Crippen LogP contribution in [0, 0.1) is 12.7 Å². The maximum atomic E-state index is 13.2. The SMILES string of the molecule is Cc1ccc([C@@H](C)NC(=O)C2CC(=O)c3cc(F)ccc3O2)cc1. The number of halogens is 1. The Morgan fingerprint density at radius 2 is 1.96 bits per heavy atom. The Morgan fingerprint density at radius 1 is 1.25 bits per heavy atom. The Kier molecular flexibility index (Phi) is 4.34. The Bertz CT molecular complexity index is 786. The standard InChI is InChI=1S/C19H18FNO3/c1-11-3-5-13(6-4-11)12(2)21-19(23)18-10-16(22)15-9-14(20)7-8-17(15)24-18/h3-9,12,18H,10H2,1-2H3,(H,21,23)/t12-,18?/m1/s1. The van der Waals surface area contributed by atoms with Crippen LogP contribution in [0.25, 0.3) is 0 Å². The van der Waals surface area contributed by atoms with E-state index in [9.17, 15) is 14.0 Å². The maximum Gasteiger partial charge on any atom is 0.262 e. The summed E-state index contributed by atoms with van der Waals surface area (Å²) in [5.41, 5.74) is 2.30. The van der Waals surface area contributed by atoms with Crippen molar-refractivity contribution < 1.29 is 18.7 Å². The van der Waals surface area contributed by atoms with E-state index in [2.05, 4.69) is 5.32 Å². The fraction of sp³-hybridized carbons (Fsp3) is 0.263. The molecular formula is C19H18FNO3. The number of nitrogens with one attached hydrogen (secondary N) is 1. The van der Waals surface area contributed by atoms with Gasteiger partial charge in [0, 0.05) is 0 Å². The van der Waals surface area contributed by atoms with E-state index in [0.717, 1.165) is 17.2 Å². The second-order valence-corrected chi connectivity index (χ2v) is 6.02. The van der Waals surface area contributed by atoms with E-state index in [1.807, 2.05) is 38.1 Å². The first-order valence-electron chi connectivity index (χ1n) is 7.80. The molecule has 124 valence electrons. The average Bonchev–Trinajstić information content (AvgIpc) is 2.55. The predicted octanol–water partition coefficient (Wildman–Crippen LogP) is 3.35. The monoisotopic (exact) mass is 327 g/mol. The number of rotatable bonds is 3. The summed E-state index contributed by atoms with van der Waals surface area (Å²) >= 11 is 0. The lowest BCUT2D eigenvalue weighted by atomic mass is 9.99. The molecule has 1 aliphatic rings. The summed E-state index contributed by atoms with van der Waals surface area (Å²) in [7, 11) is 0. The van der Waals surface area contributed by atoms with Crippen molar-refractivity contribution in [2.24, 2.45) is 0 Å². The molecule has 0 spiro atoms. The van der Waals surface area contributed by atoms with Crippen molar-refractivity contribution in [2.45, 2.75) is 32.4 Å². The molecule has 3 rings (SSSR count). The van der Waals surface area contributed by atoms with Crippen molar-refractivity contribution in [3.8, 4) is 5.75 Å². The number of ketones is 1. The van der Waals surface area contributed by atoms with Crippen LogP contribution >= 0.6 is 0 Å². The van der Waals surface area contributed by atoms with Gasteiger partial charge in [0.05, 0.1) is 18.0 Å². The molecule has 1 amide bonds. The normalized spacial score (nSPS) is 17.6. The summed E-state index contributed by atoms with van der Waals surface area (Å²) in [6, 6.07) is 11.4. The van der Waals surface area contributed by atoms with Crippen molar-refractivity contribution in [3.05, 3.63) is 65.0 Å². The van der Waals surface area contributed by atoms with E-state index in [1.165, 1.54) is 12.1 Å². The van der Waals surface area contributed by atoms with E-state index < -0.39 is 11.9 Å². The van der Waals surface area contributed by atoms with Crippen LogP contribution < -0.4 is 10.1 Å². The Balaban J connectivity index is 1.71. The molecular weight excluding hydrogens is 309 g/mol. The molecule has 2 aromatic rings. The summed E-state index contributed by atoms with van der Waals surface area (Å²) in [6.45, 7) is 3.87. The van der Waals surface area contributed by atoms with E-state index in [0.29, 0.717) is 0 Å². The van der Waals surface area contributed by atoms with Gasteiger partial charge in [-0.05, 0) is 37.6 Å². The molecule has 4 nitrogen and oxygen atoms in total. The highest BCUT2D eigenvalue weighted by Crippen LogP contribution is 2.28. The first kappa shape index (κ1) is 16.2. The van der Waals surface area contributed by atoms with Gasteiger partial charge in [-0.25, -0.2) is 4.39 Å². The highest BCUT2D eigenvalue weighted by atomic mass is 19.1. The van der Waals surface area contributed by atoms with Gasteiger partial charge in [-0.3, -0.25) is 9.59 Å². The largest absolute Gasteiger partial charge is 0.479 e. The number of fused-ring (bicyclic) bond motifs is 1. The molecule has 0 saturated carbocycles. The third kappa shape index (κ3) is 3.30. The number of hydrogen-bond acceptors (Lipinski definition) is 3. The minimum absolute atomic E-state index is 0.0943. The van der Waals surface area contributed by atoms with Crippen LogP contribution in [0.1, 0.15) is 40.9 Å². The topological polar surface area (TPSA) is 55.4 Å². The number of aryl methyl sites for hydroxylation is 1. The zero-order valence-electron chi connectivity index (χ0n) is 13.5. The first-order chi connectivity index (χ1) is 11.4. The van der Waals surface area contributed by atoms with E-state index in [4.69, 9.17) is 4.74 Å². The van der Waals surface area contributed by atoms with Gasteiger partial charge in [-0.1, -0.05) is 29.8 Å². The molecule has 0 aromatic heterocycles. The number of benzene rings is 2. The van der Waals surface area contributed by atoms with E-state index in [1.54, 1.807) is 0 Å². The quantitative estimate of drug-likeness (QED) is 0.940. The molecule has 24 heavy (non-hydrogen) atoms. The molecule has 0 saturated heterocycles. The molecule has 2 aromatic carbocycles. The molecule has 1 heterocycles. The molecule has 1 N–H and O–H groups in total. The number of carbonyl (C=O) groups excluding carboxylic acids is 2. The minimum Gasteiger partial charge on any atom is -0.479 e. The maximum absolute atomic E-state index is 13.2. The molecule has 0 fully saturated rings. The van der Waals surface area contributed by atoms with Crippen LogP contribution in [0.5, 0.6) is 5.75 Å². The minimum atomic E-state index is -0.900. The summed E-state index contributed by atoms with van der Waals surface area (Å²) in [5, 5.41) is 2.86. The molecule has 5 heteroatoms. The van der Waals surface area contributed by atoms with Crippen LogP contribution in [0.2, 0.25) is 0 Å². The van der Waals surface area contributed by atoms with Gasteiger partial charge in [-0.2, -0.15) is 0 Å². The molecule has 2 atom stereocenters. The second-order valence-electron chi connectivity index (χ2n) is 6.02. The molecule has 0 radical (unpaired) electrons. The van der Waals surface area contributed by atoms with Gasteiger partial charge in [0.2, 0.25) is 0 Å². The zero-order chi connectivity index (χ0) is 17.3. The van der Waals surface area contributed by atoms with Crippen molar-refractivity contribution in [1.82, 2.24) is 5.32 Å². The number of amides is 1.